The zero-order chi connectivity index (χ0) is 22.6. The van der Waals surface area contributed by atoms with E-state index >= 15 is 0 Å². The van der Waals surface area contributed by atoms with E-state index in [1.165, 1.54) is 12.1 Å². The van der Waals surface area contributed by atoms with Crippen LogP contribution < -0.4 is 0 Å². The summed E-state index contributed by atoms with van der Waals surface area (Å²) >= 11 is 5.89. The Morgan fingerprint density at radius 1 is 1.13 bits per heavy atom. The zero-order valence-electron chi connectivity index (χ0n) is 17.0. The van der Waals surface area contributed by atoms with Gasteiger partial charge in [0.25, 0.3) is 5.91 Å². The number of aromatic nitrogens is 2. The number of benzene rings is 2. The highest BCUT2D eigenvalue weighted by Crippen LogP contribution is 2.29. The number of hydrogen-bond acceptors (Lipinski definition) is 4. The van der Waals surface area contributed by atoms with Crippen molar-refractivity contribution in [2.45, 2.75) is 38.9 Å². The van der Waals surface area contributed by atoms with Crippen LogP contribution >= 0.6 is 11.6 Å². The Morgan fingerprint density at radius 3 is 2.35 bits per heavy atom. The molecule has 1 heterocycles. The van der Waals surface area contributed by atoms with Crippen LogP contribution in [0.25, 0.3) is 11.4 Å². The van der Waals surface area contributed by atoms with Crippen LogP contribution in [0.1, 0.15) is 42.1 Å². The average Bonchev–Trinajstić information content (AvgIpc) is 3.22. The summed E-state index contributed by atoms with van der Waals surface area (Å²) in [5.74, 6) is 0.426. The number of carbonyl (C=O) groups is 1. The molecule has 0 bridgehead atoms. The molecule has 3 aromatic rings. The molecule has 164 valence electrons. The Bertz CT molecular complexity index is 1020. The lowest BCUT2D eigenvalue weighted by atomic mass is 10.1. The SMILES string of the molecule is CC[C@@H](C)N(CCc1nc(-c2ccc(Cl)cc2)no1)C(=O)c1ccc(C(F)(F)F)cc1. The smallest absolute Gasteiger partial charge is 0.339 e. The minimum atomic E-state index is -4.45. The van der Waals surface area contributed by atoms with Crippen LogP contribution in [0, 0.1) is 0 Å². The first kappa shape index (κ1) is 22.8. The summed E-state index contributed by atoms with van der Waals surface area (Å²) in [6.45, 7) is 4.11. The van der Waals surface area contributed by atoms with E-state index < -0.39 is 11.7 Å². The third-order valence-corrected chi connectivity index (χ3v) is 5.23. The first-order valence-corrected chi connectivity index (χ1v) is 10.1. The zero-order valence-corrected chi connectivity index (χ0v) is 17.7. The van der Waals surface area contributed by atoms with Crippen molar-refractivity contribution in [2.24, 2.45) is 0 Å². The molecule has 0 aliphatic rings. The van der Waals surface area contributed by atoms with Crippen LogP contribution in [-0.2, 0) is 12.6 Å². The van der Waals surface area contributed by atoms with E-state index in [0.717, 1.165) is 17.7 Å². The molecule has 5 nitrogen and oxygen atoms in total. The second kappa shape index (κ2) is 9.51. The highest BCUT2D eigenvalue weighted by atomic mass is 35.5. The molecule has 0 saturated heterocycles. The highest BCUT2D eigenvalue weighted by molar-refractivity contribution is 6.30. The molecule has 0 radical (unpaired) electrons. The van der Waals surface area contributed by atoms with Crippen LogP contribution in [0.15, 0.2) is 53.1 Å². The number of amides is 1. The van der Waals surface area contributed by atoms with Gasteiger partial charge in [-0.15, -0.1) is 0 Å². The van der Waals surface area contributed by atoms with Gasteiger partial charge in [0, 0.05) is 35.2 Å². The normalized spacial score (nSPS) is 12.6. The lowest BCUT2D eigenvalue weighted by molar-refractivity contribution is -0.137. The molecule has 0 unspecified atom stereocenters. The van der Waals surface area contributed by atoms with Gasteiger partial charge in [0.15, 0.2) is 0 Å². The monoisotopic (exact) mass is 451 g/mol. The summed E-state index contributed by atoms with van der Waals surface area (Å²) in [6, 6.07) is 11.1. The van der Waals surface area contributed by atoms with Crippen LogP contribution in [0.3, 0.4) is 0 Å². The van der Waals surface area contributed by atoms with Gasteiger partial charge < -0.3 is 9.42 Å². The molecule has 1 amide bonds. The maximum atomic E-state index is 13.0. The molecule has 31 heavy (non-hydrogen) atoms. The summed E-state index contributed by atoms with van der Waals surface area (Å²) in [6.07, 6.45) is -3.44. The van der Waals surface area contributed by atoms with Crippen LogP contribution in [0.5, 0.6) is 0 Å². The lowest BCUT2D eigenvalue weighted by Gasteiger charge is -2.28. The van der Waals surface area contributed by atoms with E-state index in [1.54, 1.807) is 29.2 Å². The maximum Gasteiger partial charge on any atom is 0.416 e. The minimum absolute atomic E-state index is 0.117. The second-order valence-electron chi connectivity index (χ2n) is 7.10. The summed E-state index contributed by atoms with van der Waals surface area (Å²) in [4.78, 5) is 18.9. The molecule has 0 fully saturated rings. The average molecular weight is 452 g/mol. The fourth-order valence-electron chi connectivity index (χ4n) is 3.00. The molecule has 0 aliphatic carbocycles. The van der Waals surface area contributed by atoms with Gasteiger partial charge in [0.1, 0.15) is 0 Å². The number of halogens is 4. The Morgan fingerprint density at radius 2 is 1.77 bits per heavy atom. The number of hydrogen-bond donors (Lipinski definition) is 0. The molecule has 0 spiro atoms. The highest BCUT2D eigenvalue weighted by Gasteiger charge is 2.30. The molecular formula is C22H21ClF3N3O2. The molecule has 9 heteroatoms. The minimum Gasteiger partial charge on any atom is -0.339 e. The van der Waals surface area contributed by atoms with Gasteiger partial charge in [-0.25, -0.2) is 0 Å². The molecule has 1 atom stereocenters. The number of carbonyl (C=O) groups excluding carboxylic acids is 1. The number of nitrogens with zero attached hydrogens (tertiary/aromatic N) is 3. The lowest BCUT2D eigenvalue weighted by Crippen LogP contribution is -2.39. The van der Waals surface area contributed by atoms with E-state index in [4.69, 9.17) is 16.1 Å². The quantitative estimate of drug-likeness (QED) is 0.449. The fourth-order valence-corrected chi connectivity index (χ4v) is 3.12. The van der Waals surface area contributed by atoms with E-state index in [0.29, 0.717) is 29.6 Å². The second-order valence-corrected chi connectivity index (χ2v) is 7.54. The third kappa shape index (κ3) is 5.64. The summed E-state index contributed by atoms with van der Waals surface area (Å²) in [5, 5.41) is 4.55. The number of alkyl halides is 3. The van der Waals surface area contributed by atoms with Crippen molar-refractivity contribution >= 4 is 17.5 Å². The van der Waals surface area contributed by atoms with Crippen LogP contribution in [0.4, 0.5) is 13.2 Å². The first-order valence-electron chi connectivity index (χ1n) is 9.75. The van der Waals surface area contributed by atoms with Crippen molar-refractivity contribution in [1.29, 1.82) is 0 Å². The van der Waals surface area contributed by atoms with Gasteiger partial charge in [-0.05, 0) is 61.9 Å². The fraction of sp³-hybridized carbons (Fsp3) is 0.318. The predicted octanol–water partition coefficient (Wildman–Crippen LogP) is 5.89. The third-order valence-electron chi connectivity index (χ3n) is 4.98. The summed E-state index contributed by atoms with van der Waals surface area (Å²) < 4.78 is 43.7. The van der Waals surface area contributed by atoms with Gasteiger partial charge in [-0.1, -0.05) is 23.7 Å². The Hall–Kier alpha value is -2.87. The van der Waals surface area contributed by atoms with E-state index in [1.807, 2.05) is 13.8 Å². The largest absolute Gasteiger partial charge is 0.416 e. The van der Waals surface area contributed by atoms with Crippen molar-refractivity contribution in [3.8, 4) is 11.4 Å². The molecule has 1 aromatic heterocycles. The maximum absolute atomic E-state index is 13.0. The molecular weight excluding hydrogens is 431 g/mol. The molecule has 0 aliphatic heterocycles. The van der Waals surface area contributed by atoms with Gasteiger partial charge in [-0.2, -0.15) is 18.2 Å². The van der Waals surface area contributed by atoms with Crippen LogP contribution in [0.2, 0.25) is 5.02 Å². The van der Waals surface area contributed by atoms with E-state index in [9.17, 15) is 18.0 Å². The van der Waals surface area contributed by atoms with Crippen molar-refractivity contribution in [3.63, 3.8) is 0 Å². The molecule has 0 saturated carbocycles. The Labute approximate surface area is 182 Å². The molecule has 3 rings (SSSR count). The van der Waals surface area contributed by atoms with Gasteiger partial charge >= 0.3 is 6.18 Å². The molecule has 0 N–H and O–H groups in total. The van der Waals surface area contributed by atoms with Gasteiger partial charge in [0.2, 0.25) is 11.7 Å². The summed E-state index contributed by atoms with van der Waals surface area (Å²) in [5.41, 5.74) is 0.152. The van der Waals surface area contributed by atoms with Crippen molar-refractivity contribution in [1.82, 2.24) is 15.0 Å². The van der Waals surface area contributed by atoms with E-state index in [-0.39, 0.29) is 24.1 Å². The Balaban J connectivity index is 1.72. The van der Waals surface area contributed by atoms with E-state index in [2.05, 4.69) is 10.1 Å². The van der Waals surface area contributed by atoms with Gasteiger partial charge in [-0.3, -0.25) is 4.79 Å². The topological polar surface area (TPSA) is 59.2 Å². The standard InChI is InChI=1S/C22H21ClF3N3O2/c1-3-14(2)29(21(30)16-4-8-17(9-5-16)22(24,25)26)13-12-19-27-20(28-31-19)15-6-10-18(23)11-7-15/h4-11,14H,3,12-13H2,1-2H3/t14-/m1/s1. The molecule has 2 aromatic carbocycles. The Kier molecular flexibility index (Phi) is 7.00. The predicted molar refractivity (Wildman–Crippen MR) is 111 cm³/mol. The van der Waals surface area contributed by atoms with Crippen LogP contribution in [-0.4, -0.2) is 33.5 Å². The van der Waals surface area contributed by atoms with Crippen molar-refractivity contribution in [2.75, 3.05) is 6.54 Å². The first-order chi connectivity index (χ1) is 14.7. The van der Waals surface area contributed by atoms with Crippen molar-refractivity contribution in [3.05, 3.63) is 70.6 Å². The van der Waals surface area contributed by atoms with Crippen molar-refractivity contribution < 1.29 is 22.5 Å². The number of rotatable bonds is 7. The summed E-state index contributed by atoms with van der Waals surface area (Å²) in [7, 11) is 0. The van der Waals surface area contributed by atoms with Gasteiger partial charge in [0.05, 0.1) is 5.56 Å².